The van der Waals surface area contributed by atoms with E-state index in [1.807, 2.05) is 24.3 Å². The van der Waals surface area contributed by atoms with Gasteiger partial charge in [0, 0.05) is 18.9 Å². The van der Waals surface area contributed by atoms with Gasteiger partial charge in [0.2, 0.25) is 0 Å². The highest BCUT2D eigenvalue weighted by Crippen LogP contribution is 2.21. The fraction of sp³-hybridized carbons (Fsp3) is 0.136. The van der Waals surface area contributed by atoms with Gasteiger partial charge in [-0.1, -0.05) is 24.3 Å². The van der Waals surface area contributed by atoms with E-state index in [4.69, 9.17) is 4.74 Å². The summed E-state index contributed by atoms with van der Waals surface area (Å²) in [6.07, 6.45) is 3.77. The number of carbonyl (C=O) groups excluding carboxylic acids is 2. The summed E-state index contributed by atoms with van der Waals surface area (Å²) in [7, 11) is 1.62. The number of nitrogens with zero attached hydrogens (tertiary/aromatic N) is 1. The molecule has 7 heteroatoms. The number of pyridine rings is 1. The van der Waals surface area contributed by atoms with Gasteiger partial charge in [0.1, 0.15) is 5.75 Å². The lowest BCUT2D eigenvalue weighted by molar-refractivity contribution is 0.102. The Morgan fingerprint density at radius 2 is 1.66 bits per heavy atom. The second-order valence-electron chi connectivity index (χ2n) is 6.22. The van der Waals surface area contributed by atoms with Crippen molar-refractivity contribution >= 4 is 23.3 Å². The Kier molecular flexibility index (Phi) is 6.78. The van der Waals surface area contributed by atoms with Crippen molar-refractivity contribution in [2.75, 3.05) is 24.3 Å². The van der Waals surface area contributed by atoms with Crippen molar-refractivity contribution in [3.63, 3.8) is 0 Å². The van der Waals surface area contributed by atoms with Crippen LogP contribution in [0.2, 0.25) is 0 Å². The van der Waals surface area contributed by atoms with Gasteiger partial charge in [-0.25, -0.2) is 4.79 Å². The smallest absolute Gasteiger partial charge is 0.319 e. The second-order valence-corrected chi connectivity index (χ2v) is 6.22. The zero-order valence-electron chi connectivity index (χ0n) is 16.0. The highest BCUT2D eigenvalue weighted by molar-refractivity contribution is 6.06. The van der Waals surface area contributed by atoms with Crippen LogP contribution in [0.4, 0.5) is 16.2 Å². The molecule has 0 atom stereocenters. The number of rotatable bonds is 7. The van der Waals surface area contributed by atoms with Crippen LogP contribution in [0.5, 0.6) is 5.75 Å². The maximum atomic E-state index is 12.3. The van der Waals surface area contributed by atoms with E-state index in [-0.39, 0.29) is 11.9 Å². The molecule has 0 bridgehead atoms. The molecule has 1 heterocycles. The van der Waals surface area contributed by atoms with Crippen LogP contribution < -0.4 is 20.7 Å². The Labute approximate surface area is 169 Å². The van der Waals surface area contributed by atoms with Gasteiger partial charge >= 0.3 is 6.03 Å². The molecule has 0 saturated carbocycles. The number of amides is 3. The molecule has 3 N–H and O–H groups in total. The second kappa shape index (κ2) is 9.89. The number of benzene rings is 2. The molecule has 0 unspecified atom stereocenters. The van der Waals surface area contributed by atoms with Crippen LogP contribution in [0.15, 0.2) is 73.1 Å². The highest BCUT2D eigenvalue weighted by atomic mass is 16.5. The van der Waals surface area contributed by atoms with Gasteiger partial charge in [-0.05, 0) is 48.4 Å². The highest BCUT2D eigenvalue weighted by Gasteiger charge is 2.10. The Bertz CT molecular complexity index is 959. The molecule has 0 aliphatic rings. The summed E-state index contributed by atoms with van der Waals surface area (Å²) in [6.45, 7) is 0.475. The Balaban J connectivity index is 1.54. The number of aromatic nitrogens is 1. The fourth-order valence-electron chi connectivity index (χ4n) is 2.67. The van der Waals surface area contributed by atoms with E-state index in [1.165, 1.54) is 6.20 Å². The minimum absolute atomic E-state index is 0.299. The molecule has 3 rings (SSSR count). The summed E-state index contributed by atoms with van der Waals surface area (Å²) < 4.78 is 5.13. The molecular weight excluding hydrogens is 368 g/mol. The molecule has 1 aromatic heterocycles. The number of methoxy groups -OCH3 is 1. The maximum Gasteiger partial charge on any atom is 0.319 e. The Hall–Kier alpha value is -3.87. The number of ether oxygens (including phenoxy) is 1. The molecule has 3 aromatic rings. The minimum atomic E-state index is -0.346. The summed E-state index contributed by atoms with van der Waals surface area (Å²) in [5, 5.41) is 8.38. The number of nitrogens with one attached hydrogen (secondary N) is 3. The van der Waals surface area contributed by atoms with E-state index >= 15 is 0 Å². The minimum Gasteiger partial charge on any atom is -0.497 e. The molecule has 0 aliphatic heterocycles. The first-order chi connectivity index (χ1) is 14.2. The van der Waals surface area contributed by atoms with Crippen molar-refractivity contribution < 1.29 is 14.3 Å². The van der Waals surface area contributed by atoms with Gasteiger partial charge in [-0.15, -0.1) is 0 Å². The van der Waals surface area contributed by atoms with Crippen LogP contribution >= 0.6 is 0 Å². The number of hydrogen-bond donors (Lipinski definition) is 3. The fourth-order valence-corrected chi connectivity index (χ4v) is 2.67. The summed E-state index contributed by atoms with van der Waals surface area (Å²) in [5.41, 5.74) is 2.54. The van der Waals surface area contributed by atoms with Crippen LogP contribution in [0, 0.1) is 0 Å². The van der Waals surface area contributed by atoms with Gasteiger partial charge in [0.05, 0.1) is 24.0 Å². The quantitative estimate of drug-likeness (QED) is 0.573. The molecular formula is C22H22N4O3. The molecule has 0 spiro atoms. The average molecular weight is 390 g/mol. The predicted octanol–water partition coefficient (Wildman–Crippen LogP) is 3.71. The molecule has 148 valence electrons. The molecule has 29 heavy (non-hydrogen) atoms. The summed E-state index contributed by atoms with van der Waals surface area (Å²) >= 11 is 0. The topological polar surface area (TPSA) is 92.4 Å². The molecule has 0 aliphatic carbocycles. The molecule has 3 amide bonds. The standard InChI is InChI=1S/C22H22N4O3/c1-29-18-10-8-16(9-11-18)12-14-24-22(28)26-20-7-3-2-6-19(20)25-21(27)17-5-4-13-23-15-17/h2-11,13,15H,12,14H2,1H3,(H,25,27)(H2,24,26,28). The third-order valence-corrected chi connectivity index (χ3v) is 4.21. The number of hydrogen-bond acceptors (Lipinski definition) is 4. The third kappa shape index (κ3) is 5.80. The van der Waals surface area contributed by atoms with E-state index < -0.39 is 0 Å². The first kappa shape index (κ1) is 19.9. The monoisotopic (exact) mass is 390 g/mol. The van der Waals surface area contributed by atoms with Gasteiger partial charge in [0.15, 0.2) is 0 Å². The average Bonchev–Trinajstić information content (AvgIpc) is 2.76. The van der Waals surface area contributed by atoms with Crippen LogP contribution in [-0.2, 0) is 6.42 Å². The third-order valence-electron chi connectivity index (χ3n) is 4.21. The predicted molar refractivity (Wildman–Crippen MR) is 112 cm³/mol. The lowest BCUT2D eigenvalue weighted by Crippen LogP contribution is -2.30. The van der Waals surface area contributed by atoms with Crippen molar-refractivity contribution in [3.8, 4) is 5.75 Å². The number of para-hydroxylation sites is 2. The van der Waals surface area contributed by atoms with Gasteiger partial charge in [-0.2, -0.15) is 0 Å². The maximum absolute atomic E-state index is 12.3. The number of urea groups is 1. The lowest BCUT2D eigenvalue weighted by atomic mass is 10.1. The summed E-state index contributed by atoms with van der Waals surface area (Å²) in [5.74, 6) is 0.497. The molecule has 0 radical (unpaired) electrons. The van der Waals surface area contributed by atoms with Crippen LogP contribution in [0.25, 0.3) is 0 Å². The van der Waals surface area contributed by atoms with Crippen molar-refractivity contribution in [2.45, 2.75) is 6.42 Å². The number of carbonyl (C=O) groups is 2. The Morgan fingerprint density at radius 3 is 2.31 bits per heavy atom. The van der Waals surface area contributed by atoms with Crippen LogP contribution in [0.1, 0.15) is 15.9 Å². The zero-order chi connectivity index (χ0) is 20.5. The molecule has 7 nitrogen and oxygen atoms in total. The SMILES string of the molecule is COc1ccc(CCNC(=O)Nc2ccccc2NC(=O)c2cccnc2)cc1. The van der Waals surface area contributed by atoms with E-state index in [2.05, 4.69) is 20.9 Å². The van der Waals surface area contributed by atoms with Crippen molar-refractivity contribution in [1.82, 2.24) is 10.3 Å². The van der Waals surface area contributed by atoms with Crippen molar-refractivity contribution in [1.29, 1.82) is 0 Å². The van der Waals surface area contributed by atoms with E-state index in [0.29, 0.717) is 29.9 Å². The normalized spacial score (nSPS) is 10.1. The van der Waals surface area contributed by atoms with Gasteiger partial charge in [0.25, 0.3) is 5.91 Å². The van der Waals surface area contributed by atoms with E-state index in [0.717, 1.165) is 11.3 Å². The van der Waals surface area contributed by atoms with Crippen LogP contribution in [-0.4, -0.2) is 30.6 Å². The molecule has 0 fully saturated rings. The van der Waals surface area contributed by atoms with E-state index in [1.54, 1.807) is 49.7 Å². The first-order valence-electron chi connectivity index (χ1n) is 9.14. The number of anilines is 2. The molecule has 0 saturated heterocycles. The van der Waals surface area contributed by atoms with Crippen molar-refractivity contribution in [2.24, 2.45) is 0 Å². The lowest BCUT2D eigenvalue weighted by Gasteiger charge is -2.13. The largest absolute Gasteiger partial charge is 0.497 e. The zero-order valence-corrected chi connectivity index (χ0v) is 16.0. The summed E-state index contributed by atoms with van der Waals surface area (Å²) in [6, 6.07) is 17.7. The van der Waals surface area contributed by atoms with Gasteiger partial charge < -0.3 is 20.7 Å². The van der Waals surface area contributed by atoms with Gasteiger partial charge in [-0.3, -0.25) is 9.78 Å². The summed E-state index contributed by atoms with van der Waals surface area (Å²) in [4.78, 5) is 28.5. The molecule has 2 aromatic carbocycles. The van der Waals surface area contributed by atoms with E-state index in [9.17, 15) is 9.59 Å². The van der Waals surface area contributed by atoms with Crippen molar-refractivity contribution in [3.05, 3.63) is 84.2 Å². The first-order valence-corrected chi connectivity index (χ1v) is 9.14. The Morgan fingerprint density at radius 1 is 0.931 bits per heavy atom. The van der Waals surface area contributed by atoms with Crippen LogP contribution in [0.3, 0.4) is 0 Å².